The van der Waals surface area contributed by atoms with Crippen LogP contribution in [-0.4, -0.2) is 51.2 Å². The Kier molecular flexibility index (Phi) is 4.45. The largest absolute Gasteiger partial charge is 0.457 e. The van der Waals surface area contributed by atoms with Gasteiger partial charge < -0.3 is 35.2 Å². The maximum Gasteiger partial charge on any atom is 0.326 e. The highest BCUT2D eigenvalue weighted by Crippen LogP contribution is 2.53. The van der Waals surface area contributed by atoms with Crippen molar-refractivity contribution in [3.8, 4) is 11.8 Å². The number of aromatic nitrogens is 4. The predicted octanol–water partition coefficient (Wildman–Crippen LogP) is 3.65. The van der Waals surface area contributed by atoms with Crippen LogP contribution in [0.15, 0.2) is 34.9 Å². The molecule has 1 saturated carbocycles. The van der Waals surface area contributed by atoms with Crippen molar-refractivity contribution >= 4 is 44.5 Å². The zero-order chi connectivity index (χ0) is 24.6. The number of ether oxygens (including phenoxy) is 1. The average Bonchev–Trinajstić information content (AvgIpc) is 3.26. The van der Waals surface area contributed by atoms with Crippen molar-refractivity contribution < 1.29 is 18.7 Å². The number of nitrogens with two attached hydrogens (primary N) is 1. The number of hydrogen-bond acceptors (Lipinski definition) is 9. The van der Waals surface area contributed by atoms with Crippen molar-refractivity contribution in [3.05, 3.63) is 42.0 Å². The van der Waals surface area contributed by atoms with Gasteiger partial charge in [-0.15, -0.1) is 0 Å². The molecule has 2 aliphatic rings. The normalized spacial score (nSPS) is 21.3. The first-order valence-corrected chi connectivity index (χ1v) is 11.8. The predicted molar refractivity (Wildman–Crippen MR) is 133 cm³/mol. The summed E-state index contributed by atoms with van der Waals surface area (Å²) in [5.74, 6) is 1.15. The molecule has 36 heavy (non-hydrogen) atoms. The quantitative estimate of drug-likeness (QED) is 0.291. The number of fused-ring (bicyclic) bond motifs is 4. The van der Waals surface area contributed by atoms with Crippen molar-refractivity contribution in [2.24, 2.45) is 11.1 Å². The van der Waals surface area contributed by atoms with Crippen LogP contribution in [-0.2, 0) is 6.61 Å². The van der Waals surface area contributed by atoms with Crippen molar-refractivity contribution in [3.63, 3.8) is 0 Å². The lowest BCUT2D eigenvalue weighted by Crippen LogP contribution is -2.24. The Bertz CT molecular complexity index is 1660. The first kappa shape index (κ1) is 21.3. The van der Waals surface area contributed by atoms with Crippen LogP contribution in [0.3, 0.4) is 0 Å². The van der Waals surface area contributed by atoms with Crippen LogP contribution in [0.1, 0.15) is 18.6 Å². The molecule has 5 heterocycles. The molecule has 5 aromatic rings. The van der Waals surface area contributed by atoms with E-state index in [0.29, 0.717) is 45.1 Å². The summed E-state index contributed by atoms with van der Waals surface area (Å²) in [7, 11) is 1.75. The molecule has 5 N–H and O–H groups in total. The molecule has 4 aromatic heterocycles. The third-order valence-electron chi connectivity index (χ3n) is 7.45. The molecule has 0 radical (unpaired) electrons. The summed E-state index contributed by atoms with van der Waals surface area (Å²) in [4.78, 5) is 19.3. The van der Waals surface area contributed by atoms with Gasteiger partial charge in [-0.1, -0.05) is 0 Å². The van der Waals surface area contributed by atoms with Crippen LogP contribution in [0.4, 0.5) is 15.9 Å². The lowest BCUT2D eigenvalue weighted by Gasteiger charge is -2.19. The number of H-pyrrole nitrogens is 1. The average molecular weight is 490 g/mol. The van der Waals surface area contributed by atoms with E-state index >= 15 is 0 Å². The van der Waals surface area contributed by atoms with E-state index in [1.54, 1.807) is 25.4 Å². The van der Waals surface area contributed by atoms with Crippen LogP contribution < -0.4 is 20.7 Å². The van der Waals surface area contributed by atoms with Gasteiger partial charge in [0.2, 0.25) is 0 Å². The molecule has 1 spiro atoms. The Balaban J connectivity index is 1.37. The molecule has 7 rings (SSSR count). The molecule has 1 unspecified atom stereocenters. The molecule has 0 bridgehead atoms. The van der Waals surface area contributed by atoms with Crippen LogP contribution >= 0.6 is 0 Å². The molecule has 2 atom stereocenters. The Hall–Kier alpha value is -3.96. The molecule has 1 aliphatic heterocycles. The first-order valence-electron chi connectivity index (χ1n) is 11.8. The molecular weight excluding hydrogens is 465 g/mol. The SMILES string of the molecule is CNc1cc(F)cc2c1[nH]c1nc(Oc3cnc4cc(CO)oc4c3)nc(N3CCC4(C[C@H]4N)C3)c12. The van der Waals surface area contributed by atoms with Gasteiger partial charge in [0.1, 0.15) is 35.2 Å². The number of halogens is 1. The molecule has 1 saturated heterocycles. The third-order valence-corrected chi connectivity index (χ3v) is 7.45. The van der Waals surface area contributed by atoms with E-state index in [4.69, 9.17) is 19.9 Å². The van der Waals surface area contributed by atoms with Crippen LogP contribution in [0, 0.1) is 11.2 Å². The van der Waals surface area contributed by atoms with Gasteiger partial charge in [0.05, 0.1) is 22.8 Å². The van der Waals surface area contributed by atoms with Crippen molar-refractivity contribution in [1.29, 1.82) is 0 Å². The summed E-state index contributed by atoms with van der Waals surface area (Å²) in [6.45, 7) is 1.36. The summed E-state index contributed by atoms with van der Waals surface area (Å²) < 4.78 is 26.1. The minimum Gasteiger partial charge on any atom is -0.457 e. The summed E-state index contributed by atoms with van der Waals surface area (Å²) >= 11 is 0. The number of aliphatic hydroxyl groups excluding tert-OH is 1. The first-order chi connectivity index (χ1) is 17.5. The van der Waals surface area contributed by atoms with E-state index in [2.05, 4.69) is 25.2 Å². The van der Waals surface area contributed by atoms with Crippen molar-refractivity contribution in [2.75, 3.05) is 30.4 Å². The van der Waals surface area contributed by atoms with Crippen LogP contribution in [0.25, 0.3) is 33.0 Å². The summed E-state index contributed by atoms with van der Waals surface area (Å²) in [6, 6.07) is 6.64. The molecule has 2 fully saturated rings. The minimum atomic E-state index is -0.346. The van der Waals surface area contributed by atoms with E-state index in [0.717, 1.165) is 36.8 Å². The Morgan fingerprint density at radius 3 is 2.94 bits per heavy atom. The van der Waals surface area contributed by atoms with Gasteiger partial charge in [0.15, 0.2) is 11.3 Å². The smallest absolute Gasteiger partial charge is 0.326 e. The van der Waals surface area contributed by atoms with Gasteiger partial charge in [-0.3, -0.25) is 0 Å². The molecule has 184 valence electrons. The van der Waals surface area contributed by atoms with E-state index in [-0.39, 0.29) is 29.9 Å². The van der Waals surface area contributed by atoms with E-state index in [1.807, 2.05) is 0 Å². The second-order valence-corrected chi connectivity index (χ2v) is 9.68. The Labute approximate surface area is 204 Å². The fraction of sp³-hybridized carbons (Fsp3) is 0.320. The highest BCUT2D eigenvalue weighted by atomic mass is 19.1. The summed E-state index contributed by atoms with van der Waals surface area (Å²) in [6.07, 6.45) is 3.54. The highest BCUT2D eigenvalue weighted by molar-refractivity contribution is 6.14. The maximum absolute atomic E-state index is 14.5. The van der Waals surface area contributed by atoms with Gasteiger partial charge in [-0.2, -0.15) is 9.97 Å². The number of anilines is 2. The van der Waals surface area contributed by atoms with Crippen molar-refractivity contribution in [1.82, 2.24) is 19.9 Å². The molecule has 1 aromatic carbocycles. The zero-order valence-electron chi connectivity index (χ0n) is 19.5. The number of hydrogen-bond donors (Lipinski definition) is 4. The minimum absolute atomic E-state index is 0.116. The van der Waals surface area contributed by atoms with E-state index in [1.165, 1.54) is 12.1 Å². The number of aliphatic hydroxyl groups is 1. The molecule has 0 amide bonds. The van der Waals surface area contributed by atoms with Gasteiger partial charge in [-0.25, -0.2) is 9.37 Å². The number of rotatable bonds is 5. The number of nitrogens with zero attached hydrogens (tertiary/aromatic N) is 4. The van der Waals surface area contributed by atoms with Crippen LogP contribution in [0.2, 0.25) is 0 Å². The number of pyridine rings is 1. The summed E-state index contributed by atoms with van der Waals surface area (Å²) in [5.41, 5.74) is 9.39. The van der Waals surface area contributed by atoms with Gasteiger partial charge in [0, 0.05) is 49.1 Å². The number of benzene rings is 1. The molecular formula is C25H24FN7O3. The van der Waals surface area contributed by atoms with Gasteiger partial charge in [-0.05, 0) is 25.0 Å². The fourth-order valence-corrected chi connectivity index (χ4v) is 5.41. The number of furan rings is 1. The van der Waals surface area contributed by atoms with Gasteiger partial charge in [0.25, 0.3) is 0 Å². The Morgan fingerprint density at radius 1 is 1.33 bits per heavy atom. The van der Waals surface area contributed by atoms with Gasteiger partial charge >= 0.3 is 6.01 Å². The van der Waals surface area contributed by atoms with Crippen molar-refractivity contribution in [2.45, 2.75) is 25.5 Å². The lowest BCUT2D eigenvalue weighted by atomic mass is 10.1. The number of aromatic amines is 1. The zero-order valence-corrected chi connectivity index (χ0v) is 19.5. The second kappa shape index (κ2) is 7.52. The Morgan fingerprint density at radius 2 is 2.19 bits per heavy atom. The molecule has 1 aliphatic carbocycles. The number of nitrogens with one attached hydrogen (secondary N) is 2. The monoisotopic (exact) mass is 489 g/mol. The van der Waals surface area contributed by atoms with E-state index < -0.39 is 0 Å². The van der Waals surface area contributed by atoms with E-state index in [9.17, 15) is 9.50 Å². The second-order valence-electron chi connectivity index (χ2n) is 9.68. The maximum atomic E-state index is 14.5. The molecule has 10 nitrogen and oxygen atoms in total. The third kappa shape index (κ3) is 3.20. The fourth-order valence-electron chi connectivity index (χ4n) is 5.41. The standard InChI is InChI=1S/C25H24FN7O3/c1-28-17-5-12(26)4-15-20-22(30-21(15)17)31-24(32-23(20)33-3-2-25(11-33)8-19(25)27)36-13-7-18-16(29-9-13)6-14(10-34)35-18/h4-7,9,19,28,34H,2-3,8,10-11,27H2,1H3,(H,30,31,32)/t19-,25?/m1/s1. The van der Waals surface area contributed by atoms with Crippen LogP contribution in [0.5, 0.6) is 11.8 Å². The highest BCUT2D eigenvalue weighted by Gasteiger charge is 2.56. The summed E-state index contributed by atoms with van der Waals surface area (Å²) in [5, 5.41) is 13.8. The topological polar surface area (TPSA) is 138 Å². The lowest BCUT2D eigenvalue weighted by molar-refractivity contribution is 0.251. The molecule has 11 heteroatoms.